The molecule has 0 radical (unpaired) electrons. The zero-order chi connectivity index (χ0) is 15.7. The van der Waals surface area contributed by atoms with Gasteiger partial charge in [0.15, 0.2) is 10.6 Å². The third-order valence-corrected chi connectivity index (χ3v) is 4.77. The van der Waals surface area contributed by atoms with Crippen molar-refractivity contribution in [3.63, 3.8) is 0 Å². The Kier molecular flexibility index (Phi) is 4.21. The Hall–Kier alpha value is -1.80. The van der Waals surface area contributed by atoms with Gasteiger partial charge in [-0.25, -0.2) is 0 Å². The predicted octanol–water partition coefficient (Wildman–Crippen LogP) is 1.94. The molecule has 3 rings (SSSR count). The van der Waals surface area contributed by atoms with E-state index in [-0.39, 0.29) is 5.91 Å². The lowest BCUT2D eigenvalue weighted by molar-refractivity contribution is 0.0949. The van der Waals surface area contributed by atoms with E-state index in [2.05, 4.69) is 15.5 Å². The van der Waals surface area contributed by atoms with Crippen LogP contribution in [0.2, 0.25) is 0 Å². The first-order valence-corrected chi connectivity index (χ1v) is 8.90. The molecule has 1 aliphatic carbocycles. The quantitative estimate of drug-likeness (QED) is 0.818. The van der Waals surface area contributed by atoms with Crippen molar-refractivity contribution in [1.29, 1.82) is 0 Å². The number of rotatable bonds is 5. The molecule has 1 aromatic carbocycles. The van der Waals surface area contributed by atoms with Crippen molar-refractivity contribution >= 4 is 28.9 Å². The Balaban J connectivity index is 1.67. The Bertz CT molecular complexity index is 775. The topological polar surface area (TPSA) is 79.8 Å². The summed E-state index contributed by atoms with van der Waals surface area (Å²) in [4.78, 5) is 12.8. The Morgan fingerprint density at radius 2 is 2.14 bits per heavy atom. The van der Waals surface area contributed by atoms with E-state index in [4.69, 9.17) is 12.2 Å². The van der Waals surface area contributed by atoms with Gasteiger partial charge in [-0.15, -0.1) is 0 Å². The summed E-state index contributed by atoms with van der Waals surface area (Å²) in [5, 5.41) is 9.78. The van der Waals surface area contributed by atoms with Gasteiger partial charge in [-0.1, -0.05) is 0 Å². The number of nitrogens with one attached hydrogen (secondary N) is 2. The van der Waals surface area contributed by atoms with E-state index in [0.717, 1.165) is 18.7 Å². The van der Waals surface area contributed by atoms with Gasteiger partial charge in [-0.2, -0.15) is 5.10 Å². The van der Waals surface area contributed by atoms with Gasteiger partial charge in [-0.05, 0) is 49.3 Å². The second kappa shape index (κ2) is 6.13. The van der Waals surface area contributed by atoms with Crippen LogP contribution < -0.4 is 5.32 Å². The van der Waals surface area contributed by atoms with Crippen LogP contribution in [-0.4, -0.2) is 31.1 Å². The molecule has 0 aliphatic heterocycles. The van der Waals surface area contributed by atoms with Crippen molar-refractivity contribution in [2.45, 2.75) is 30.3 Å². The second-order valence-electron chi connectivity index (χ2n) is 5.21. The Morgan fingerprint density at radius 1 is 1.45 bits per heavy atom. The zero-order valence-corrected chi connectivity index (χ0v) is 13.7. The lowest BCUT2D eigenvalue weighted by Crippen LogP contribution is -2.24. The van der Waals surface area contributed by atoms with Crippen LogP contribution >= 0.6 is 12.2 Å². The second-order valence-corrected chi connectivity index (χ2v) is 6.97. The lowest BCUT2D eigenvalue weighted by Gasteiger charge is -2.07. The fraction of sp³-hybridized carbons (Fsp3) is 0.357. The van der Waals surface area contributed by atoms with Crippen molar-refractivity contribution in [2.24, 2.45) is 0 Å². The van der Waals surface area contributed by atoms with Crippen molar-refractivity contribution in [3.05, 3.63) is 40.4 Å². The number of aromatic nitrogens is 3. The maximum atomic E-state index is 12.1. The van der Waals surface area contributed by atoms with E-state index >= 15 is 0 Å². The van der Waals surface area contributed by atoms with Crippen LogP contribution in [0.3, 0.4) is 0 Å². The molecule has 0 bridgehead atoms. The maximum absolute atomic E-state index is 12.1. The first-order valence-electron chi connectivity index (χ1n) is 6.93. The standard InChI is InChI=1S/C14H16N4O2S2/c1-22(20)11-6-2-9(3-7-11)13(19)15-8-12-16-17-14(21)18(12)10-4-5-10/h2-3,6-7,10H,4-5,8H2,1H3,(H,15,19)(H,17,21). The van der Waals surface area contributed by atoms with Crippen molar-refractivity contribution in [3.8, 4) is 0 Å². The van der Waals surface area contributed by atoms with Crippen LogP contribution in [0.4, 0.5) is 0 Å². The lowest BCUT2D eigenvalue weighted by atomic mass is 10.2. The summed E-state index contributed by atoms with van der Waals surface area (Å²) in [7, 11) is -1.04. The monoisotopic (exact) mass is 336 g/mol. The first kappa shape index (κ1) is 15.1. The SMILES string of the molecule is CS(=O)c1ccc(C(=O)NCc2n[nH]c(=S)n2C2CC2)cc1. The minimum absolute atomic E-state index is 0.190. The highest BCUT2D eigenvalue weighted by atomic mass is 32.2. The van der Waals surface area contributed by atoms with E-state index in [1.54, 1.807) is 30.5 Å². The highest BCUT2D eigenvalue weighted by Crippen LogP contribution is 2.35. The van der Waals surface area contributed by atoms with E-state index < -0.39 is 10.8 Å². The average molecular weight is 336 g/mol. The molecular formula is C14H16N4O2S2. The number of nitrogens with zero attached hydrogens (tertiary/aromatic N) is 2. The molecule has 6 nitrogen and oxygen atoms in total. The van der Waals surface area contributed by atoms with Crippen LogP contribution in [0.5, 0.6) is 0 Å². The van der Waals surface area contributed by atoms with Crippen LogP contribution in [0.1, 0.15) is 35.1 Å². The molecule has 1 heterocycles. The van der Waals surface area contributed by atoms with Gasteiger partial charge in [0.1, 0.15) is 0 Å². The van der Waals surface area contributed by atoms with Crippen molar-refractivity contribution in [1.82, 2.24) is 20.1 Å². The third-order valence-electron chi connectivity index (χ3n) is 3.54. The molecule has 2 N–H and O–H groups in total. The highest BCUT2D eigenvalue weighted by molar-refractivity contribution is 7.84. The molecule has 2 aromatic rings. The Morgan fingerprint density at radius 3 is 2.73 bits per heavy atom. The molecule has 1 fully saturated rings. The molecule has 1 aromatic heterocycles. The minimum atomic E-state index is -1.04. The number of carbonyl (C=O) groups excluding carboxylic acids is 1. The molecule has 22 heavy (non-hydrogen) atoms. The fourth-order valence-corrected chi connectivity index (χ4v) is 3.05. The fourth-order valence-electron chi connectivity index (χ4n) is 2.23. The summed E-state index contributed by atoms with van der Waals surface area (Å²) in [5.41, 5.74) is 0.529. The van der Waals surface area contributed by atoms with Crippen molar-refractivity contribution in [2.75, 3.05) is 6.26 Å². The molecule has 1 atom stereocenters. The zero-order valence-electron chi connectivity index (χ0n) is 12.0. The van der Waals surface area contributed by atoms with Gasteiger partial charge in [0, 0.05) is 33.6 Å². The summed E-state index contributed by atoms with van der Waals surface area (Å²) in [5.74, 6) is 0.553. The molecule has 1 saturated carbocycles. The summed E-state index contributed by atoms with van der Waals surface area (Å²) in [6, 6.07) is 7.15. The van der Waals surface area contributed by atoms with Gasteiger partial charge in [-0.3, -0.25) is 18.7 Å². The molecule has 0 saturated heterocycles. The molecule has 1 unspecified atom stereocenters. The van der Waals surface area contributed by atoms with Crippen LogP contribution in [0.15, 0.2) is 29.2 Å². The van der Waals surface area contributed by atoms with E-state index in [1.807, 2.05) is 4.57 Å². The van der Waals surface area contributed by atoms with Gasteiger partial charge in [0.05, 0.1) is 6.54 Å². The van der Waals surface area contributed by atoms with E-state index in [0.29, 0.717) is 27.8 Å². The normalized spacial score (nSPS) is 15.5. The number of aromatic amines is 1. The van der Waals surface area contributed by atoms with Crippen molar-refractivity contribution < 1.29 is 9.00 Å². The number of hydrogen-bond acceptors (Lipinski definition) is 4. The largest absolute Gasteiger partial charge is 0.345 e. The number of hydrogen-bond donors (Lipinski definition) is 2. The molecule has 1 aliphatic rings. The predicted molar refractivity (Wildman–Crippen MR) is 85.6 cm³/mol. The number of benzene rings is 1. The van der Waals surface area contributed by atoms with Crippen LogP contribution in [0, 0.1) is 4.77 Å². The Labute approximate surface area is 135 Å². The van der Waals surface area contributed by atoms with Crippen LogP contribution in [-0.2, 0) is 17.3 Å². The molecular weight excluding hydrogens is 320 g/mol. The molecule has 1 amide bonds. The van der Waals surface area contributed by atoms with E-state index in [9.17, 15) is 9.00 Å². The average Bonchev–Trinajstić information content (AvgIpc) is 3.28. The summed E-state index contributed by atoms with van der Waals surface area (Å²) in [6.07, 6.45) is 3.81. The van der Waals surface area contributed by atoms with Gasteiger partial charge < -0.3 is 5.32 Å². The van der Waals surface area contributed by atoms with Crippen LogP contribution in [0.25, 0.3) is 0 Å². The minimum Gasteiger partial charge on any atom is -0.345 e. The molecule has 116 valence electrons. The van der Waals surface area contributed by atoms with Gasteiger partial charge >= 0.3 is 0 Å². The molecule has 0 spiro atoms. The number of amides is 1. The summed E-state index contributed by atoms with van der Waals surface area (Å²) >= 11 is 5.20. The highest BCUT2D eigenvalue weighted by Gasteiger charge is 2.27. The number of H-pyrrole nitrogens is 1. The van der Waals surface area contributed by atoms with E-state index in [1.165, 1.54) is 0 Å². The number of carbonyl (C=O) groups is 1. The summed E-state index contributed by atoms with van der Waals surface area (Å²) < 4.78 is 13.9. The first-order chi connectivity index (χ1) is 10.6. The third kappa shape index (κ3) is 3.17. The molecule has 8 heteroatoms. The van der Waals surface area contributed by atoms with Gasteiger partial charge in [0.2, 0.25) is 0 Å². The summed E-state index contributed by atoms with van der Waals surface area (Å²) in [6.45, 7) is 0.323. The van der Waals surface area contributed by atoms with Gasteiger partial charge in [0.25, 0.3) is 5.91 Å². The maximum Gasteiger partial charge on any atom is 0.251 e. The smallest absolute Gasteiger partial charge is 0.251 e.